The van der Waals surface area contributed by atoms with Crippen molar-refractivity contribution < 1.29 is 21.6 Å². The van der Waals surface area contributed by atoms with E-state index in [1.807, 2.05) is 23.8 Å². The average Bonchev–Trinajstić information content (AvgIpc) is 2.64. The minimum Gasteiger partial charge on any atom is -0.383 e. The Morgan fingerprint density at radius 2 is 1.61 bits per heavy atom. The highest BCUT2D eigenvalue weighted by Crippen LogP contribution is 2.27. The van der Waals surface area contributed by atoms with Crippen LogP contribution in [0.15, 0.2) is 41.3 Å². The van der Waals surface area contributed by atoms with Gasteiger partial charge in [-0.15, -0.1) is 0 Å². The second-order valence-corrected chi connectivity index (χ2v) is 9.59. The van der Waals surface area contributed by atoms with Gasteiger partial charge < -0.3 is 5.32 Å². The van der Waals surface area contributed by atoms with E-state index in [1.165, 1.54) is 0 Å². The van der Waals surface area contributed by atoms with E-state index in [-0.39, 0.29) is 4.90 Å². The zero-order chi connectivity index (χ0) is 23.2. The van der Waals surface area contributed by atoms with Gasteiger partial charge >= 0.3 is 6.18 Å². The van der Waals surface area contributed by atoms with Crippen molar-refractivity contribution in [3.05, 3.63) is 58.7 Å². The number of nitrogens with one attached hydrogen (secondary N) is 2. The number of alkyl halides is 3. The molecule has 31 heavy (non-hydrogen) atoms. The Bertz CT molecular complexity index is 966. The lowest BCUT2D eigenvalue weighted by molar-refractivity contribution is -0.148. The van der Waals surface area contributed by atoms with E-state index in [0.717, 1.165) is 36.8 Å². The van der Waals surface area contributed by atoms with Crippen LogP contribution >= 0.6 is 0 Å². The van der Waals surface area contributed by atoms with E-state index in [9.17, 15) is 21.6 Å². The Hall–Kier alpha value is -2.06. The summed E-state index contributed by atoms with van der Waals surface area (Å²) >= 11 is 0. The number of halogens is 3. The van der Waals surface area contributed by atoms with Crippen molar-refractivity contribution >= 4 is 15.7 Å². The zero-order valence-corrected chi connectivity index (χ0v) is 19.3. The standard InChI is InChI=1S/C23H31F3N2O2S/c1-5-6-7-10-19-11-8-9-12-20(19)27-15-21(23(24,25)26)28-31(29,30)22-17(3)13-16(2)14-18(22)4/h8-9,11-14,21,27-28H,5-7,10,15H2,1-4H3. The molecule has 0 saturated carbocycles. The number of anilines is 1. The van der Waals surface area contributed by atoms with Crippen LogP contribution in [0.1, 0.15) is 48.4 Å². The van der Waals surface area contributed by atoms with Crippen molar-refractivity contribution in [2.45, 2.75) is 70.5 Å². The molecule has 4 nitrogen and oxygen atoms in total. The van der Waals surface area contributed by atoms with Crippen molar-refractivity contribution in [1.82, 2.24) is 4.72 Å². The van der Waals surface area contributed by atoms with E-state index < -0.39 is 28.8 Å². The third-order valence-electron chi connectivity index (χ3n) is 5.13. The smallest absolute Gasteiger partial charge is 0.383 e. The van der Waals surface area contributed by atoms with Gasteiger partial charge in [-0.2, -0.15) is 17.9 Å². The Morgan fingerprint density at radius 3 is 2.19 bits per heavy atom. The predicted octanol–water partition coefficient (Wildman–Crippen LogP) is 5.67. The van der Waals surface area contributed by atoms with Crippen LogP contribution in [0.3, 0.4) is 0 Å². The van der Waals surface area contributed by atoms with Gasteiger partial charge in [0.05, 0.1) is 4.90 Å². The van der Waals surface area contributed by atoms with Gasteiger partial charge in [0.1, 0.15) is 6.04 Å². The molecule has 0 spiro atoms. The summed E-state index contributed by atoms with van der Waals surface area (Å²) in [6, 6.07) is 8.23. The molecule has 172 valence electrons. The molecule has 1 unspecified atom stereocenters. The molecule has 0 saturated heterocycles. The Balaban J connectivity index is 2.23. The normalized spacial score (nSPS) is 13.3. The number of hydrogen-bond donors (Lipinski definition) is 2. The van der Waals surface area contributed by atoms with Gasteiger partial charge in [-0.25, -0.2) is 8.42 Å². The van der Waals surface area contributed by atoms with E-state index in [2.05, 4.69) is 12.2 Å². The van der Waals surface area contributed by atoms with Crippen molar-refractivity contribution in [2.75, 3.05) is 11.9 Å². The van der Waals surface area contributed by atoms with Gasteiger partial charge in [-0.05, 0) is 56.4 Å². The summed E-state index contributed by atoms with van der Waals surface area (Å²) in [6.45, 7) is 6.47. The molecule has 0 radical (unpaired) electrons. The molecule has 2 N–H and O–H groups in total. The third-order valence-corrected chi connectivity index (χ3v) is 6.91. The molecule has 0 aliphatic rings. The van der Waals surface area contributed by atoms with E-state index in [0.29, 0.717) is 16.8 Å². The van der Waals surface area contributed by atoms with Gasteiger partial charge in [0, 0.05) is 12.2 Å². The number of unbranched alkanes of at least 4 members (excludes halogenated alkanes) is 2. The highest BCUT2D eigenvalue weighted by Gasteiger charge is 2.42. The second-order valence-electron chi connectivity index (χ2n) is 7.94. The Kier molecular flexibility index (Phi) is 8.54. The summed E-state index contributed by atoms with van der Waals surface area (Å²) in [5, 5.41) is 2.81. The third kappa shape index (κ3) is 6.97. The first-order valence-corrected chi connectivity index (χ1v) is 11.9. The Labute approximate surface area is 183 Å². The minimum atomic E-state index is -4.75. The number of para-hydroxylation sites is 1. The molecular formula is C23H31F3N2O2S. The van der Waals surface area contributed by atoms with Gasteiger partial charge in [0.25, 0.3) is 0 Å². The molecule has 0 heterocycles. The van der Waals surface area contributed by atoms with Crippen LogP contribution < -0.4 is 10.0 Å². The molecule has 1 atom stereocenters. The molecule has 0 fully saturated rings. The van der Waals surface area contributed by atoms with Crippen molar-refractivity contribution in [1.29, 1.82) is 0 Å². The highest BCUT2D eigenvalue weighted by atomic mass is 32.2. The van der Waals surface area contributed by atoms with Gasteiger partial charge in [-0.3, -0.25) is 0 Å². The number of sulfonamides is 1. The van der Waals surface area contributed by atoms with Crippen LogP contribution in [-0.4, -0.2) is 27.2 Å². The van der Waals surface area contributed by atoms with E-state index in [1.54, 1.807) is 38.1 Å². The highest BCUT2D eigenvalue weighted by molar-refractivity contribution is 7.89. The zero-order valence-electron chi connectivity index (χ0n) is 18.4. The fourth-order valence-corrected chi connectivity index (χ4v) is 5.42. The topological polar surface area (TPSA) is 58.2 Å². The summed E-state index contributed by atoms with van der Waals surface area (Å²) in [4.78, 5) is -0.104. The van der Waals surface area contributed by atoms with Gasteiger partial charge in [-0.1, -0.05) is 55.7 Å². The van der Waals surface area contributed by atoms with Crippen LogP contribution in [0.25, 0.3) is 0 Å². The molecule has 0 amide bonds. The van der Waals surface area contributed by atoms with Crippen molar-refractivity contribution in [3.63, 3.8) is 0 Å². The molecule has 2 rings (SSSR count). The molecule has 0 bridgehead atoms. The van der Waals surface area contributed by atoms with E-state index in [4.69, 9.17) is 0 Å². The number of rotatable bonds is 10. The fraction of sp³-hybridized carbons (Fsp3) is 0.478. The molecule has 0 aromatic heterocycles. The lowest BCUT2D eigenvalue weighted by Gasteiger charge is -2.24. The summed E-state index contributed by atoms with van der Waals surface area (Å²) in [6.07, 6.45) is -0.971. The number of aryl methyl sites for hydroxylation is 4. The molecular weight excluding hydrogens is 425 g/mol. The molecule has 2 aromatic rings. The van der Waals surface area contributed by atoms with Gasteiger partial charge in [0.2, 0.25) is 10.0 Å². The maximum absolute atomic E-state index is 13.7. The SMILES string of the molecule is CCCCCc1ccccc1NCC(NS(=O)(=O)c1c(C)cc(C)cc1C)C(F)(F)F. The fourth-order valence-electron chi connectivity index (χ4n) is 3.75. The number of hydrogen-bond acceptors (Lipinski definition) is 3. The Morgan fingerprint density at radius 1 is 1.00 bits per heavy atom. The molecule has 8 heteroatoms. The van der Waals surface area contributed by atoms with Crippen LogP contribution in [0.2, 0.25) is 0 Å². The largest absolute Gasteiger partial charge is 0.406 e. The summed E-state index contributed by atoms with van der Waals surface area (Å²) < 4.78 is 68.7. The molecule has 0 aliphatic heterocycles. The van der Waals surface area contributed by atoms with Crippen molar-refractivity contribution in [3.8, 4) is 0 Å². The average molecular weight is 457 g/mol. The van der Waals surface area contributed by atoms with E-state index >= 15 is 0 Å². The minimum absolute atomic E-state index is 0.104. The van der Waals surface area contributed by atoms with Crippen LogP contribution in [0.5, 0.6) is 0 Å². The summed E-state index contributed by atoms with van der Waals surface area (Å²) in [7, 11) is -4.36. The lowest BCUT2D eigenvalue weighted by atomic mass is 10.1. The van der Waals surface area contributed by atoms with Crippen LogP contribution in [-0.2, 0) is 16.4 Å². The predicted molar refractivity (Wildman–Crippen MR) is 119 cm³/mol. The molecule has 0 aliphatic carbocycles. The monoisotopic (exact) mass is 456 g/mol. The summed E-state index contributed by atoms with van der Waals surface area (Å²) in [5.41, 5.74) is 3.20. The first kappa shape index (κ1) is 25.2. The maximum Gasteiger partial charge on any atom is 0.406 e. The lowest BCUT2D eigenvalue weighted by Crippen LogP contribution is -2.49. The van der Waals surface area contributed by atoms with Crippen LogP contribution in [0.4, 0.5) is 18.9 Å². The quantitative estimate of drug-likeness (QED) is 0.453. The maximum atomic E-state index is 13.7. The van der Waals surface area contributed by atoms with Crippen molar-refractivity contribution in [2.24, 2.45) is 0 Å². The first-order chi connectivity index (χ1) is 14.5. The van der Waals surface area contributed by atoms with Crippen LogP contribution in [0, 0.1) is 20.8 Å². The number of benzene rings is 2. The second kappa shape index (κ2) is 10.5. The van der Waals surface area contributed by atoms with Gasteiger partial charge in [0.15, 0.2) is 0 Å². The summed E-state index contributed by atoms with van der Waals surface area (Å²) in [5.74, 6) is 0. The first-order valence-electron chi connectivity index (χ1n) is 10.4. The molecule has 2 aromatic carbocycles.